The van der Waals surface area contributed by atoms with Gasteiger partial charge in [0, 0.05) is 23.0 Å². The molecule has 3 rings (SSSR count). The fourth-order valence-electron chi connectivity index (χ4n) is 2.58. The second kappa shape index (κ2) is 6.28. The first-order valence-corrected chi connectivity index (χ1v) is 8.38. The Balaban J connectivity index is 1.85. The molecular formula is C19H23BN2O3. The van der Waals surface area contributed by atoms with Crippen molar-refractivity contribution in [2.75, 3.05) is 5.32 Å². The van der Waals surface area contributed by atoms with Crippen LogP contribution in [0.2, 0.25) is 0 Å². The third-order valence-electron chi connectivity index (χ3n) is 4.89. The van der Waals surface area contributed by atoms with Gasteiger partial charge in [0.1, 0.15) is 0 Å². The fourth-order valence-corrected chi connectivity index (χ4v) is 2.58. The lowest BCUT2D eigenvalue weighted by molar-refractivity contribution is 0.00578. The van der Waals surface area contributed by atoms with Crippen LogP contribution >= 0.6 is 0 Å². The van der Waals surface area contributed by atoms with E-state index in [4.69, 9.17) is 9.31 Å². The van der Waals surface area contributed by atoms with Gasteiger partial charge < -0.3 is 14.6 Å². The standard InChI is InChI=1S/C19H23BN2O3/c1-13-10-11-14(12-21-13)17(23)22-16-9-7-6-8-15(16)20-24-18(2,3)19(4,5)25-20/h6-12H,1-5H3,(H,22,23). The van der Waals surface area contributed by atoms with E-state index in [1.807, 2.05) is 65.0 Å². The van der Waals surface area contributed by atoms with Crippen molar-refractivity contribution in [3.05, 3.63) is 53.9 Å². The molecule has 0 radical (unpaired) electrons. The van der Waals surface area contributed by atoms with Crippen molar-refractivity contribution in [2.45, 2.75) is 45.8 Å². The Kier molecular flexibility index (Phi) is 4.43. The molecule has 25 heavy (non-hydrogen) atoms. The molecular weight excluding hydrogens is 315 g/mol. The highest BCUT2D eigenvalue weighted by Gasteiger charge is 2.52. The van der Waals surface area contributed by atoms with E-state index in [1.165, 1.54) is 0 Å². The molecule has 1 aliphatic rings. The summed E-state index contributed by atoms with van der Waals surface area (Å²) in [6.45, 7) is 9.91. The molecule has 0 atom stereocenters. The van der Waals surface area contributed by atoms with Crippen molar-refractivity contribution in [1.82, 2.24) is 4.98 Å². The fraction of sp³-hybridized carbons (Fsp3) is 0.368. The molecule has 5 nitrogen and oxygen atoms in total. The number of amides is 1. The summed E-state index contributed by atoms with van der Waals surface area (Å²) in [5.41, 5.74) is 1.98. The van der Waals surface area contributed by atoms with Crippen molar-refractivity contribution in [3.8, 4) is 0 Å². The summed E-state index contributed by atoms with van der Waals surface area (Å²) < 4.78 is 12.2. The molecule has 1 aliphatic heterocycles. The summed E-state index contributed by atoms with van der Waals surface area (Å²) in [5, 5.41) is 2.94. The van der Waals surface area contributed by atoms with Gasteiger partial charge in [0.05, 0.1) is 16.8 Å². The van der Waals surface area contributed by atoms with Crippen molar-refractivity contribution >= 4 is 24.2 Å². The average molecular weight is 338 g/mol. The number of benzene rings is 1. The molecule has 130 valence electrons. The number of anilines is 1. The zero-order valence-corrected chi connectivity index (χ0v) is 15.3. The lowest BCUT2D eigenvalue weighted by atomic mass is 9.78. The van der Waals surface area contributed by atoms with Crippen LogP contribution in [0.5, 0.6) is 0 Å². The van der Waals surface area contributed by atoms with Crippen molar-refractivity contribution in [2.24, 2.45) is 0 Å². The van der Waals surface area contributed by atoms with Crippen LogP contribution < -0.4 is 10.8 Å². The summed E-state index contributed by atoms with van der Waals surface area (Å²) in [6.07, 6.45) is 1.57. The Morgan fingerprint density at radius 1 is 1.04 bits per heavy atom. The molecule has 1 saturated heterocycles. The molecule has 2 aromatic rings. The van der Waals surface area contributed by atoms with E-state index in [1.54, 1.807) is 12.3 Å². The molecule has 1 aromatic carbocycles. The average Bonchev–Trinajstić information content (AvgIpc) is 2.76. The van der Waals surface area contributed by atoms with E-state index < -0.39 is 18.3 Å². The number of pyridine rings is 1. The van der Waals surface area contributed by atoms with Gasteiger partial charge in [-0.2, -0.15) is 0 Å². The molecule has 1 amide bonds. The second-order valence-corrected chi connectivity index (χ2v) is 7.32. The van der Waals surface area contributed by atoms with Crippen LogP contribution in [-0.4, -0.2) is 29.2 Å². The first-order valence-electron chi connectivity index (χ1n) is 8.38. The summed E-state index contributed by atoms with van der Waals surface area (Å²) >= 11 is 0. The Morgan fingerprint density at radius 2 is 1.68 bits per heavy atom. The number of nitrogens with one attached hydrogen (secondary N) is 1. The van der Waals surface area contributed by atoms with Crippen molar-refractivity contribution in [3.63, 3.8) is 0 Å². The number of carbonyl (C=O) groups excluding carboxylic acids is 1. The van der Waals surface area contributed by atoms with Gasteiger partial charge in [-0.15, -0.1) is 0 Å². The van der Waals surface area contributed by atoms with Gasteiger partial charge in [0.15, 0.2) is 0 Å². The third-order valence-corrected chi connectivity index (χ3v) is 4.89. The zero-order chi connectivity index (χ0) is 18.2. The maximum Gasteiger partial charge on any atom is 0.496 e. The summed E-state index contributed by atoms with van der Waals surface area (Å²) in [6, 6.07) is 11.1. The number of hydrogen-bond acceptors (Lipinski definition) is 4. The second-order valence-electron chi connectivity index (χ2n) is 7.32. The number of aryl methyl sites for hydroxylation is 1. The Labute approximate surface area is 148 Å². The van der Waals surface area contributed by atoms with Crippen LogP contribution in [0.25, 0.3) is 0 Å². The van der Waals surface area contributed by atoms with E-state index in [2.05, 4.69) is 10.3 Å². The largest absolute Gasteiger partial charge is 0.496 e. The van der Waals surface area contributed by atoms with Gasteiger partial charge >= 0.3 is 7.12 Å². The van der Waals surface area contributed by atoms with Crippen LogP contribution in [0.3, 0.4) is 0 Å². The number of hydrogen-bond donors (Lipinski definition) is 1. The summed E-state index contributed by atoms with van der Waals surface area (Å²) in [7, 11) is -0.530. The highest BCUT2D eigenvalue weighted by atomic mass is 16.7. The predicted octanol–water partition coefficient (Wildman–Crippen LogP) is 2.94. The Hall–Kier alpha value is -2.18. The first kappa shape index (κ1) is 17.6. The lowest BCUT2D eigenvalue weighted by Gasteiger charge is -2.32. The summed E-state index contributed by atoms with van der Waals surface area (Å²) in [5.74, 6) is -0.212. The predicted molar refractivity (Wildman–Crippen MR) is 99.1 cm³/mol. The maximum atomic E-state index is 12.5. The van der Waals surface area contributed by atoms with E-state index in [0.29, 0.717) is 11.3 Å². The Morgan fingerprint density at radius 3 is 2.28 bits per heavy atom. The molecule has 0 spiro atoms. The van der Waals surface area contributed by atoms with Gasteiger partial charge in [-0.3, -0.25) is 9.78 Å². The van der Waals surface area contributed by atoms with Crippen molar-refractivity contribution < 1.29 is 14.1 Å². The van der Waals surface area contributed by atoms with Gasteiger partial charge in [-0.05, 0) is 52.8 Å². The normalized spacial score (nSPS) is 18.2. The third kappa shape index (κ3) is 3.46. The minimum Gasteiger partial charge on any atom is -0.399 e. The topological polar surface area (TPSA) is 60.5 Å². The van der Waals surface area contributed by atoms with Crippen LogP contribution in [0.15, 0.2) is 42.6 Å². The van der Waals surface area contributed by atoms with E-state index in [-0.39, 0.29) is 5.91 Å². The molecule has 1 fully saturated rings. The number of aromatic nitrogens is 1. The number of nitrogens with zero attached hydrogens (tertiary/aromatic N) is 1. The smallest absolute Gasteiger partial charge is 0.399 e. The molecule has 6 heteroatoms. The van der Waals surface area contributed by atoms with E-state index in [0.717, 1.165) is 11.2 Å². The van der Waals surface area contributed by atoms with Gasteiger partial charge in [0.25, 0.3) is 5.91 Å². The zero-order valence-electron chi connectivity index (χ0n) is 15.3. The molecule has 2 heterocycles. The maximum absolute atomic E-state index is 12.5. The highest BCUT2D eigenvalue weighted by Crippen LogP contribution is 2.37. The SMILES string of the molecule is Cc1ccc(C(=O)Nc2ccccc2B2OC(C)(C)C(C)(C)O2)cn1. The number of para-hydroxylation sites is 1. The minimum absolute atomic E-state index is 0.212. The molecule has 0 aliphatic carbocycles. The molecule has 0 unspecified atom stereocenters. The lowest BCUT2D eigenvalue weighted by Crippen LogP contribution is -2.41. The monoisotopic (exact) mass is 338 g/mol. The van der Waals surface area contributed by atoms with Crippen LogP contribution in [0.4, 0.5) is 5.69 Å². The van der Waals surface area contributed by atoms with Gasteiger partial charge in [0.2, 0.25) is 0 Å². The van der Waals surface area contributed by atoms with Crippen LogP contribution in [0, 0.1) is 6.92 Å². The number of rotatable bonds is 3. The molecule has 0 bridgehead atoms. The van der Waals surface area contributed by atoms with Gasteiger partial charge in [-0.25, -0.2) is 0 Å². The molecule has 1 aromatic heterocycles. The first-order chi connectivity index (χ1) is 11.7. The van der Waals surface area contributed by atoms with E-state index >= 15 is 0 Å². The van der Waals surface area contributed by atoms with Crippen molar-refractivity contribution in [1.29, 1.82) is 0 Å². The molecule has 0 saturated carbocycles. The van der Waals surface area contributed by atoms with Crippen LogP contribution in [-0.2, 0) is 9.31 Å². The van der Waals surface area contributed by atoms with E-state index in [9.17, 15) is 4.79 Å². The Bertz CT molecular complexity index is 772. The molecule has 1 N–H and O–H groups in total. The van der Waals surface area contributed by atoms with Gasteiger partial charge in [-0.1, -0.05) is 18.2 Å². The highest BCUT2D eigenvalue weighted by molar-refractivity contribution is 6.64. The number of carbonyl (C=O) groups is 1. The van der Waals surface area contributed by atoms with Crippen LogP contribution in [0.1, 0.15) is 43.7 Å². The summed E-state index contributed by atoms with van der Waals surface area (Å²) in [4.78, 5) is 16.7. The quantitative estimate of drug-likeness (QED) is 0.874. The minimum atomic E-state index is -0.530.